The second kappa shape index (κ2) is 7.28. The average Bonchev–Trinajstić information content (AvgIpc) is 3.09. The molecule has 0 spiro atoms. The maximum absolute atomic E-state index is 13.3. The number of aryl methyl sites for hydroxylation is 2. The number of ether oxygens (including phenoxy) is 2. The van der Waals surface area contributed by atoms with E-state index < -0.39 is 0 Å². The lowest BCUT2D eigenvalue weighted by molar-refractivity contribution is 0.0577. The van der Waals surface area contributed by atoms with Gasteiger partial charge in [-0.2, -0.15) is 0 Å². The fourth-order valence-electron chi connectivity index (χ4n) is 3.26. The molecular weight excluding hydrogens is 304 g/mol. The van der Waals surface area contributed by atoms with Crippen molar-refractivity contribution in [3.63, 3.8) is 0 Å². The first-order valence-corrected chi connectivity index (χ1v) is 8.35. The van der Waals surface area contributed by atoms with Gasteiger partial charge in [0.05, 0.1) is 30.3 Å². The van der Waals surface area contributed by atoms with Crippen LogP contribution in [0.4, 0.5) is 0 Å². The quantitative estimate of drug-likeness (QED) is 0.847. The zero-order chi connectivity index (χ0) is 17.1. The topological polar surface area (TPSA) is 51.7 Å². The van der Waals surface area contributed by atoms with E-state index in [9.17, 15) is 4.79 Å². The standard InChI is InChI=1S/C19H24N2O3/c1-13-10-16-14(2)4-6-20-18(16)17(11-13)19(22)21(7-9-23-3)15-5-8-24-12-15/h4,6,10-11,15H,5,7-9,12H2,1-3H3/t15-/m0/s1. The fourth-order valence-corrected chi connectivity index (χ4v) is 3.26. The van der Waals surface area contributed by atoms with E-state index in [1.807, 2.05) is 30.9 Å². The molecule has 0 bridgehead atoms. The monoisotopic (exact) mass is 328 g/mol. The van der Waals surface area contributed by atoms with E-state index in [2.05, 4.69) is 11.1 Å². The number of amides is 1. The number of carbonyl (C=O) groups excluding carboxylic acids is 1. The number of fused-ring (bicyclic) bond motifs is 1. The summed E-state index contributed by atoms with van der Waals surface area (Å²) >= 11 is 0. The summed E-state index contributed by atoms with van der Waals surface area (Å²) < 4.78 is 10.7. The van der Waals surface area contributed by atoms with Gasteiger partial charge in [0.1, 0.15) is 0 Å². The maximum Gasteiger partial charge on any atom is 0.256 e. The predicted molar refractivity (Wildman–Crippen MR) is 93.4 cm³/mol. The summed E-state index contributed by atoms with van der Waals surface area (Å²) in [4.78, 5) is 19.7. The zero-order valence-electron chi connectivity index (χ0n) is 14.5. The highest BCUT2D eigenvalue weighted by atomic mass is 16.5. The third kappa shape index (κ3) is 3.28. The lowest BCUT2D eigenvalue weighted by Crippen LogP contribution is -2.42. The molecule has 2 aromatic rings. The molecule has 128 valence electrons. The molecule has 1 atom stereocenters. The average molecular weight is 328 g/mol. The lowest BCUT2D eigenvalue weighted by Gasteiger charge is -2.28. The Morgan fingerprint density at radius 2 is 2.25 bits per heavy atom. The smallest absolute Gasteiger partial charge is 0.256 e. The summed E-state index contributed by atoms with van der Waals surface area (Å²) in [6, 6.07) is 6.11. The molecule has 5 nitrogen and oxygen atoms in total. The molecule has 3 rings (SSSR count). The molecule has 0 unspecified atom stereocenters. The second-order valence-corrected chi connectivity index (χ2v) is 6.35. The van der Waals surface area contributed by atoms with Crippen molar-refractivity contribution in [3.05, 3.63) is 41.1 Å². The summed E-state index contributed by atoms with van der Waals surface area (Å²) in [7, 11) is 1.65. The van der Waals surface area contributed by atoms with Gasteiger partial charge in [0.15, 0.2) is 0 Å². The van der Waals surface area contributed by atoms with Crippen LogP contribution in [0.3, 0.4) is 0 Å². The fraction of sp³-hybridized carbons (Fsp3) is 0.474. The largest absolute Gasteiger partial charge is 0.383 e. The Morgan fingerprint density at radius 3 is 2.96 bits per heavy atom. The van der Waals surface area contributed by atoms with Crippen LogP contribution in [0.5, 0.6) is 0 Å². The number of hydrogen-bond acceptors (Lipinski definition) is 4. The van der Waals surface area contributed by atoms with Crippen molar-refractivity contribution in [2.45, 2.75) is 26.3 Å². The van der Waals surface area contributed by atoms with Crippen molar-refractivity contribution in [2.24, 2.45) is 0 Å². The van der Waals surface area contributed by atoms with Crippen molar-refractivity contribution < 1.29 is 14.3 Å². The minimum absolute atomic E-state index is 0.00866. The van der Waals surface area contributed by atoms with Gasteiger partial charge in [-0.3, -0.25) is 9.78 Å². The van der Waals surface area contributed by atoms with Gasteiger partial charge in [-0.25, -0.2) is 0 Å². The molecule has 1 aromatic heterocycles. The van der Waals surface area contributed by atoms with Gasteiger partial charge in [-0.15, -0.1) is 0 Å². The number of benzene rings is 1. The Balaban J connectivity index is 2.03. The number of pyridine rings is 1. The van der Waals surface area contributed by atoms with Gasteiger partial charge in [-0.1, -0.05) is 0 Å². The summed E-state index contributed by atoms with van der Waals surface area (Å²) in [5, 5.41) is 1.04. The first-order valence-electron chi connectivity index (χ1n) is 8.35. The maximum atomic E-state index is 13.3. The molecule has 0 saturated carbocycles. The highest BCUT2D eigenvalue weighted by Crippen LogP contribution is 2.25. The number of hydrogen-bond donors (Lipinski definition) is 0. The molecule has 1 aliphatic heterocycles. The third-order valence-corrected chi connectivity index (χ3v) is 4.58. The molecule has 1 aromatic carbocycles. The first-order chi connectivity index (χ1) is 11.6. The minimum Gasteiger partial charge on any atom is -0.383 e. The van der Waals surface area contributed by atoms with E-state index in [1.165, 1.54) is 0 Å². The third-order valence-electron chi connectivity index (χ3n) is 4.58. The highest BCUT2D eigenvalue weighted by molar-refractivity contribution is 6.06. The van der Waals surface area contributed by atoms with Gasteiger partial charge in [0, 0.05) is 31.8 Å². The van der Waals surface area contributed by atoms with Crippen LogP contribution in [0.1, 0.15) is 27.9 Å². The predicted octanol–water partition coefficient (Wildman–Crippen LogP) is 2.73. The van der Waals surface area contributed by atoms with Crippen molar-refractivity contribution in [3.8, 4) is 0 Å². The van der Waals surface area contributed by atoms with Crippen LogP contribution < -0.4 is 0 Å². The van der Waals surface area contributed by atoms with E-state index >= 15 is 0 Å². The molecule has 0 aliphatic carbocycles. The number of methoxy groups -OCH3 is 1. The van der Waals surface area contributed by atoms with Gasteiger partial charge in [0.2, 0.25) is 0 Å². The first kappa shape index (κ1) is 16.9. The SMILES string of the molecule is COCCN(C(=O)c1cc(C)cc2c(C)ccnc12)[C@H]1CCOC1. The molecule has 1 amide bonds. The van der Waals surface area contributed by atoms with E-state index in [0.717, 1.165) is 28.5 Å². The highest BCUT2D eigenvalue weighted by Gasteiger charge is 2.29. The summed E-state index contributed by atoms with van der Waals surface area (Å²) in [6.07, 6.45) is 2.63. The van der Waals surface area contributed by atoms with E-state index in [4.69, 9.17) is 9.47 Å². The second-order valence-electron chi connectivity index (χ2n) is 6.35. The van der Waals surface area contributed by atoms with Gasteiger partial charge in [-0.05, 0) is 49.6 Å². The molecule has 0 radical (unpaired) electrons. The van der Waals surface area contributed by atoms with E-state index in [-0.39, 0.29) is 11.9 Å². The summed E-state index contributed by atoms with van der Waals surface area (Å²) in [5.74, 6) is 0.00866. The van der Waals surface area contributed by atoms with Crippen LogP contribution in [-0.4, -0.2) is 55.3 Å². The van der Waals surface area contributed by atoms with Crippen molar-refractivity contribution >= 4 is 16.8 Å². The Kier molecular flexibility index (Phi) is 5.11. The van der Waals surface area contributed by atoms with Crippen LogP contribution >= 0.6 is 0 Å². The molecule has 5 heteroatoms. The number of aromatic nitrogens is 1. The van der Waals surface area contributed by atoms with E-state index in [0.29, 0.717) is 31.9 Å². The van der Waals surface area contributed by atoms with Crippen molar-refractivity contribution in [1.29, 1.82) is 0 Å². The van der Waals surface area contributed by atoms with Crippen LogP contribution in [0.2, 0.25) is 0 Å². The number of carbonyl (C=O) groups is 1. The van der Waals surface area contributed by atoms with Crippen LogP contribution in [0, 0.1) is 13.8 Å². The zero-order valence-corrected chi connectivity index (χ0v) is 14.5. The molecule has 1 aliphatic rings. The normalized spacial score (nSPS) is 17.4. The van der Waals surface area contributed by atoms with Crippen LogP contribution in [0.15, 0.2) is 24.4 Å². The van der Waals surface area contributed by atoms with Crippen molar-refractivity contribution in [2.75, 3.05) is 33.5 Å². The number of rotatable bonds is 5. The molecule has 0 N–H and O–H groups in total. The van der Waals surface area contributed by atoms with E-state index in [1.54, 1.807) is 13.3 Å². The molecule has 1 saturated heterocycles. The molecule has 1 fully saturated rings. The molecular formula is C19H24N2O3. The Hall–Kier alpha value is -1.98. The molecule has 2 heterocycles. The Morgan fingerprint density at radius 1 is 1.42 bits per heavy atom. The number of nitrogens with zero attached hydrogens (tertiary/aromatic N) is 2. The molecule has 24 heavy (non-hydrogen) atoms. The van der Waals surface area contributed by atoms with Gasteiger partial charge >= 0.3 is 0 Å². The van der Waals surface area contributed by atoms with Crippen LogP contribution in [-0.2, 0) is 9.47 Å². The van der Waals surface area contributed by atoms with Crippen molar-refractivity contribution in [1.82, 2.24) is 9.88 Å². The van der Waals surface area contributed by atoms with Crippen LogP contribution in [0.25, 0.3) is 10.9 Å². The van der Waals surface area contributed by atoms with Gasteiger partial charge in [0.25, 0.3) is 5.91 Å². The van der Waals surface area contributed by atoms with Gasteiger partial charge < -0.3 is 14.4 Å². The Labute approximate surface area is 142 Å². The summed E-state index contributed by atoms with van der Waals surface area (Å²) in [6.45, 7) is 6.42. The lowest BCUT2D eigenvalue weighted by atomic mass is 10.0. The minimum atomic E-state index is 0.00866. The Bertz CT molecular complexity index is 739. The summed E-state index contributed by atoms with van der Waals surface area (Å²) in [5.41, 5.74) is 3.63.